The van der Waals surface area contributed by atoms with E-state index in [2.05, 4.69) is 26.8 Å². The highest BCUT2D eigenvalue weighted by Gasteiger charge is 2.28. The monoisotopic (exact) mass is 308 g/mol. The SMILES string of the molecule is C=CCNc1ncnc(N2CCN(CCO)CC2)c1[N+](=O)[O-]. The third-order valence-corrected chi connectivity index (χ3v) is 3.49. The Labute approximate surface area is 128 Å². The summed E-state index contributed by atoms with van der Waals surface area (Å²) in [7, 11) is 0. The van der Waals surface area contributed by atoms with Gasteiger partial charge in [0.2, 0.25) is 11.6 Å². The Bertz CT molecular complexity index is 531. The molecule has 0 atom stereocenters. The molecule has 0 aliphatic carbocycles. The van der Waals surface area contributed by atoms with Crippen LogP contribution in [0.3, 0.4) is 0 Å². The second kappa shape index (κ2) is 7.66. The maximum absolute atomic E-state index is 11.4. The molecule has 0 aromatic carbocycles. The van der Waals surface area contributed by atoms with E-state index in [4.69, 9.17) is 5.11 Å². The van der Waals surface area contributed by atoms with Crippen LogP contribution in [0.15, 0.2) is 19.0 Å². The summed E-state index contributed by atoms with van der Waals surface area (Å²) in [6, 6.07) is 0. The van der Waals surface area contributed by atoms with Crippen molar-refractivity contribution in [1.29, 1.82) is 0 Å². The van der Waals surface area contributed by atoms with Crippen molar-refractivity contribution >= 4 is 17.3 Å². The van der Waals surface area contributed by atoms with Gasteiger partial charge in [-0.3, -0.25) is 15.0 Å². The number of nitrogens with one attached hydrogen (secondary N) is 1. The molecule has 0 saturated carbocycles. The minimum absolute atomic E-state index is 0.111. The van der Waals surface area contributed by atoms with Gasteiger partial charge in [-0.15, -0.1) is 6.58 Å². The lowest BCUT2D eigenvalue weighted by atomic mass is 10.3. The van der Waals surface area contributed by atoms with E-state index in [1.165, 1.54) is 6.33 Å². The molecule has 0 radical (unpaired) electrons. The van der Waals surface area contributed by atoms with E-state index in [1.54, 1.807) is 6.08 Å². The smallest absolute Gasteiger partial charge is 0.353 e. The highest BCUT2D eigenvalue weighted by molar-refractivity contribution is 5.70. The first kappa shape index (κ1) is 16.1. The second-order valence-electron chi connectivity index (χ2n) is 4.87. The second-order valence-corrected chi connectivity index (χ2v) is 4.87. The average Bonchev–Trinajstić information content (AvgIpc) is 2.53. The predicted molar refractivity (Wildman–Crippen MR) is 83.1 cm³/mol. The third-order valence-electron chi connectivity index (χ3n) is 3.49. The molecular formula is C13H20N6O3. The molecule has 0 unspecified atom stereocenters. The molecule has 1 aromatic rings. The van der Waals surface area contributed by atoms with Gasteiger partial charge >= 0.3 is 5.69 Å². The Kier molecular flexibility index (Phi) is 5.61. The van der Waals surface area contributed by atoms with Crippen molar-refractivity contribution in [3.8, 4) is 0 Å². The fraction of sp³-hybridized carbons (Fsp3) is 0.538. The van der Waals surface area contributed by atoms with Gasteiger partial charge in [0.15, 0.2) is 0 Å². The molecule has 0 bridgehead atoms. The number of β-amino-alcohol motifs (C(OH)–C–C–N with tert-alkyl or cyclic N) is 1. The summed E-state index contributed by atoms with van der Waals surface area (Å²) in [6.07, 6.45) is 2.94. The van der Waals surface area contributed by atoms with Crippen molar-refractivity contribution in [2.24, 2.45) is 0 Å². The van der Waals surface area contributed by atoms with Crippen LogP contribution < -0.4 is 10.2 Å². The van der Waals surface area contributed by atoms with Crippen molar-refractivity contribution in [1.82, 2.24) is 14.9 Å². The van der Waals surface area contributed by atoms with Crippen LogP contribution in [0.5, 0.6) is 0 Å². The summed E-state index contributed by atoms with van der Waals surface area (Å²) in [5.74, 6) is 0.530. The van der Waals surface area contributed by atoms with E-state index < -0.39 is 4.92 Å². The number of nitrogens with zero attached hydrogens (tertiary/aromatic N) is 5. The van der Waals surface area contributed by atoms with E-state index >= 15 is 0 Å². The van der Waals surface area contributed by atoms with Crippen LogP contribution in [0.4, 0.5) is 17.3 Å². The van der Waals surface area contributed by atoms with E-state index in [0.717, 1.165) is 13.1 Å². The Morgan fingerprint density at radius 1 is 1.41 bits per heavy atom. The maximum Gasteiger partial charge on any atom is 0.353 e. The zero-order valence-electron chi connectivity index (χ0n) is 12.3. The number of hydrogen-bond acceptors (Lipinski definition) is 8. The molecular weight excluding hydrogens is 288 g/mol. The van der Waals surface area contributed by atoms with Crippen LogP contribution in [0.2, 0.25) is 0 Å². The first-order chi connectivity index (χ1) is 10.7. The summed E-state index contributed by atoms with van der Waals surface area (Å²) in [5, 5.41) is 23.2. The fourth-order valence-corrected chi connectivity index (χ4v) is 2.39. The molecule has 2 rings (SSSR count). The molecule has 9 heteroatoms. The summed E-state index contributed by atoms with van der Waals surface area (Å²) in [6.45, 7) is 7.41. The van der Waals surface area contributed by atoms with Crippen molar-refractivity contribution in [2.45, 2.75) is 0 Å². The van der Waals surface area contributed by atoms with Gasteiger partial charge in [0.1, 0.15) is 6.33 Å². The zero-order valence-corrected chi connectivity index (χ0v) is 12.3. The largest absolute Gasteiger partial charge is 0.395 e. The van der Waals surface area contributed by atoms with Gasteiger partial charge in [0.25, 0.3) is 0 Å². The number of hydrogen-bond donors (Lipinski definition) is 2. The molecule has 2 N–H and O–H groups in total. The lowest BCUT2D eigenvalue weighted by Gasteiger charge is -2.34. The standard InChI is InChI=1S/C13H20N6O3/c1-2-3-14-12-11(19(21)22)13(16-10-15-12)18-6-4-17(5-7-18)8-9-20/h2,10,20H,1,3-9H2,(H,14,15,16). The molecule has 1 fully saturated rings. The van der Waals surface area contributed by atoms with E-state index in [1.807, 2.05) is 4.90 Å². The molecule has 1 aliphatic heterocycles. The van der Waals surface area contributed by atoms with Crippen LogP contribution in [0.25, 0.3) is 0 Å². The van der Waals surface area contributed by atoms with Crippen LogP contribution >= 0.6 is 0 Å². The van der Waals surface area contributed by atoms with Gasteiger partial charge < -0.3 is 15.3 Å². The quantitative estimate of drug-likeness (QED) is 0.415. The molecule has 1 aliphatic rings. The van der Waals surface area contributed by atoms with Crippen molar-refractivity contribution in [3.63, 3.8) is 0 Å². The van der Waals surface area contributed by atoms with Crippen LogP contribution in [-0.2, 0) is 0 Å². The number of rotatable bonds is 7. The van der Waals surface area contributed by atoms with Crippen LogP contribution in [0.1, 0.15) is 0 Å². The first-order valence-corrected chi connectivity index (χ1v) is 7.09. The Morgan fingerprint density at radius 3 is 2.73 bits per heavy atom. The maximum atomic E-state index is 11.4. The molecule has 120 valence electrons. The lowest BCUT2D eigenvalue weighted by Crippen LogP contribution is -2.47. The number of nitro groups is 1. The zero-order chi connectivity index (χ0) is 15.9. The topological polar surface area (TPSA) is 108 Å². The average molecular weight is 308 g/mol. The summed E-state index contributed by atoms with van der Waals surface area (Å²) < 4.78 is 0. The number of piperazine rings is 1. The molecule has 9 nitrogen and oxygen atoms in total. The molecule has 0 amide bonds. The highest BCUT2D eigenvalue weighted by Crippen LogP contribution is 2.32. The van der Waals surface area contributed by atoms with Crippen LogP contribution in [-0.4, -0.2) is 70.8 Å². The summed E-state index contributed by atoms with van der Waals surface area (Å²) in [5.41, 5.74) is -0.111. The van der Waals surface area contributed by atoms with Crippen molar-refractivity contribution in [2.75, 3.05) is 56.1 Å². The third kappa shape index (κ3) is 3.68. The normalized spacial score (nSPS) is 15.6. The van der Waals surface area contributed by atoms with Crippen molar-refractivity contribution < 1.29 is 10.0 Å². The van der Waals surface area contributed by atoms with Gasteiger partial charge in [-0.05, 0) is 0 Å². The Morgan fingerprint density at radius 2 is 2.14 bits per heavy atom. The van der Waals surface area contributed by atoms with Gasteiger partial charge in [0.05, 0.1) is 11.5 Å². The molecule has 0 spiro atoms. The molecule has 2 heterocycles. The summed E-state index contributed by atoms with van der Waals surface area (Å²) >= 11 is 0. The molecule has 1 aromatic heterocycles. The van der Waals surface area contributed by atoms with E-state index in [0.29, 0.717) is 32.0 Å². The molecule has 22 heavy (non-hydrogen) atoms. The van der Waals surface area contributed by atoms with Gasteiger partial charge in [-0.2, -0.15) is 0 Å². The van der Waals surface area contributed by atoms with E-state index in [9.17, 15) is 10.1 Å². The fourth-order valence-electron chi connectivity index (χ4n) is 2.39. The van der Waals surface area contributed by atoms with Gasteiger partial charge in [-0.25, -0.2) is 9.97 Å². The number of aliphatic hydroxyl groups excluding tert-OH is 1. The highest BCUT2D eigenvalue weighted by atomic mass is 16.6. The first-order valence-electron chi connectivity index (χ1n) is 7.09. The van der Waals surface area contributed by atoms with Gasteiger partial charge in [0, 0.05) is 39.3 Å². The minimum atomic E-state index is -0.457. The van der Waals surface area contributed by atoms with E-state index in [-0.39, 0.29) is 18.1 Å². The Balaban J connectivity index is 2.20. The lowest BCUT2D eigenvalue weighted by molar-refractivity contribution is -0.383. The number of aromatic nitrogens is 2. The Hall–Kier alpha value is -2.26. The van der Waals surface area contributed by atoms with Crippen molar-refractivity contribution in [3.05, 3.63) is 29.1 Å². The van der Waals surface area contributed by atoms with Crippen LogP contribution in [0, 0.1) is 10.1 Å². The summed E-state index contributed by atoms with van der Waals surface area (Å²) in [4.78, 5) is 23.0. The van der Waals surface area contributed by atoms with Gasteiger partial charge in [-0.1, -0.05) is 6.08 Å². The number of anilines is 2. The number of aliphatic hydroxyl groups is 1. The minimum Gasteiger partial charge on any atom is -0.395 e. The predicted octanol–water partition coefficient (Wildman–Crippen LogP) is 0.0970. The molecule has 1 saturated heterocycles.